The summed E-state index contributed by atoms with van der Waals surface area (Å²) in [6.07, 6.45) is 3.51. The summed E-state index contributed by atoms with van der Waals surface area (Å²) in [4.78, 5) is 6.29. The molecule has 0 atom stereocenters. The number of nitrogens with zero attached hydrogens (tertiary/aromatic N) is 2. The van der Waals surface area contributed by atoms with Gasteiger partial charge in [0, 0.05) is 36.7 Å². The monoisotopic (exact) mass is 192 g/mol. The van der Waals surface area contributed by atoms with Crippen molar-refractivity contribution in [3.05, 3.63) is 24.0 Å². The third-order valence-electron chi connectivity index (χ3n) is 2.63. The molecule has 3 nitrogen and oxygen atoms in total. The van der Waals surface area contributed by atoms with E-state index in [0.29, 0.717) is 5.41 Å². The Hall–Kier alpha value is -1.09. The molecule has 1 fully saturated rings. The predicted molar refractivity (Wildman–Crippen MR) is 56.2 cm³/mol. The van der Waals surface area contributed by atoms with Crippen LogP contribution in [0.25, 0.3) is 0 Å². The Balaban J connectivity index is 2.18. The largest absolute Gasteiger partial charge is 0.392 e. The van der Waals surface area contributed by atoms with Crippen LogP contribution in [0.5, 0.6) is 0 Å². The summed E-state index contributed by atoms with van der Waals surface area (Å²) < 4.78 is 0. The minimum atomic E-state index is 0.0695. The van der Waals surface area contributed by atoms with Crippen LogP contribution in [-0.4, -0.2) is 23.2 Å². The molecule has 0 unspecified atom stereocenters. The van der Waals surface area contributed by atoms with Gasteiger partial charge in [-0.1, -0.05) is 13.8 Å². The first-order chi connectivity index (χ1) is 6.62. The molecule has 0 aliphatic carbocycles. The third-order valence-corrected chi connectivity index (χ3v) is 2.63. The number of hydrogen-bond acceptors (Lipinski definition) is 3. The van der Waals surface area contributed by atoms with Crippen molar-refractivity contribution in [1.29, 1.82) is 0 Å². The summed E-state index contributed by atoms with van der Waals surface area (Å²) in [5, 5.41) is 9.15. The van der Waals surface area contributed by atoms with Crippen molar-refractivity contribution < 1.29 is 5.11 Å². The van der Waals surface area contributed by atoms with Crippen LogP contribution in [0, 0.1) is 5.41 Å². The molecule has 1 aliphatic rings. The highest BCUT2D eigenvalue weighted by Gasteiger charge is 2.34. The summed E-state index contributed by atoms with van der Waals surface area (Å²) >= 11 is 0. The molecule has 0 aromatic carbocycles. The summed E-state index contributed by atoms with van der Waals surface area (Å²) in [6, 6.07) is 1.97. The zero-order valence-corrected chi connectivity index (χ0v) is 8.70. The van der Waals surface area contributed by atoms with Gasteiger partial charge in [-0.2, -0.15) is 0 Å². The van der Waals surface area contributed by atoms with Gasteiger partial charge in [0.1, 0.15) is 0 Å². The van der Waals surface area contributed by atoms with Crippen molar-refractivity contribution in [1.82, 2.24) is 4.98 Å². The number of aliphatic hydroxyl groups excluding tert-OH is 1. The molecule has 76 valence electrons. The van der Waals surface area contributed by atoms with Crippen molar-refractivity contribution in [3.63, 3.8) is 0 Å². The molecule has 14 heavy (non-hydrogen) atoms. The van der Waals surface area contributed by atoms with E-state index in [4.69, 9.17) is 5.11 Å². The number of aliphatic hydroxyl groups is 1. The van der Waals surface area contributed by atoms with Gasteiger partial charge in [0.05, 0.1) is 6.61 Å². The van der Waals surface area contributed by atoms with Gasteiger partial charge in [-0.3, -0.25) is 4.98 Å². The zero-order valence-electron chi connectivity index (χ0n) is 8.70. The van der Waals surface area contributed by atoms with Crippen LogP contribution in [0.3, 0.4) is 0 Å². The molecule has 1 aliphatic heterocycles. The van der Waals surface area contributed by atoms with E-state index in [-0.39, 0.29) is 6.61 Å². The van der Waals surface area contributed by atoms with Gasteiger partial charge in [-0.05, 0) is 11.5 Å². The van der Waals surface area contributed by atoms with Gasteiger partial charge in [-0.15, -0.1) is 0 Å². The highest BCUT2D eigenvalue weighted by Crippen LogP contribution is 2.34. The van der Waals surface area contributed by atoms with Gasteiger partial charge in [-0.25, -0.2) is 0 Å². The number of anilines is 1. The molecule has 2 heterocycles. The van der Waals surface area contributed by atoms with Crippen LogP contribution in [0.1, 0.15) is 19.4 Å². The summed E-state index contributed by atoms with van der Waals surface area (Å²) in [5.74, 6) is 0. The lowest BCUT2D eigenvalue weighted by atomic mass is 9.84. The van der Waals surface area contributed by atoms with E-state index in [1.807, 2.05) is 6.07 Å². The van der Waals surface area contributed by atoms with Crippen molar-refractivity contribution >= 4 is 5.69 Å². The van der Waals surface area contributed by atoms with Crippen LogP contribution < -0.4 is 4.90 Å². The molecule has 1 saturated heterocycles. The fraction of sp³-hybridized carbons (Fsp3) is 0.545. The lowest BCUT2D eigenvalue weighted by molar-refractivity contribution is 0.265. The first-order valence-corrected chi connectivity index (χ1v) is 4.91. The fourth-order valence-corrected chi connectivity index (χ4v) is 2.01. The maximum Gasteiger partial charge on any atom is 0.0717 e. The van der Waals surface area contributed by atoms with Crippen LogP contribution >= 0.6 is 0 Å². The SMILES string of the molecule is CC1(C)CN(c2ccncc2CO)C1. The lowest BCUT2D eigenvalue weighted by Gasteiger charge is -2.47. The molecule has 0 radical (unpaired) electrons. The lowest BCUT2D eigenvalue weighted by Crippen LogP contribution is -2.53. The highest BCUT2D eigenvalue weighted by atomic mass is 16.3. The van der Waals surface area contributed by atoms with Crippen molar-refractivity contribution in [2.75, 3.05) is 18.0 Å². The number of pyridine rings is 1. The van der Waals surface area contributed by atoms with Crippen LogP contribution in [0.2, 0.25) is 0 Å². The average Bonchev–Trinajstić information content (AvgIpc) is 2.14. The summed E-state index contributed by atoms with van der Waals surface area (Å²) in [5.41, 5.74) is 2.46. The van der Waals surface area contributed by atoms with E-state index in [9.17, 15) is 0 Å². The van der Waals surface area contributed by atoms with Gasteiger partial charge in [0.25, 0.3) is 0 Å². The van der Waals surface area contributed by atoms with E-state index in [1.165, 1.54) is 0 Å². The van der Waals surface area contributed by atoms with Gasteiger partial charge in [0.15, 0.2) is 0 Å². The van der Waals surface area contributed by atoms with Crippen molar-refractivity contribution in [3.8, 4) is 0 Å². The molecule has 1 aromatic rings. The van der Waals surface area contributed by atoms with E-state index >= 15 is 0 Å². The molecule has 0 amide bonds. The normalized spacial score (nSPS) is 19.2. The molecular formula is C11H16N2O. The minimum Gasteiger partial charge on any atom is -0.392 e. The Morgan fingerprint density at radius 1 is 1.50 bits per heavy atom. The van der Waals surface area contributed by atoms with E-state index in [0.717, 1.165) is 24.3 Å². The summed E-state index contributed by atoms with van der Waals surface area (Å²) in [6.45, 7) is 6.70. The molecule has 0 saturated carbocycles. The summed E-state index contributed by atoms with van der Waals surface area (Å²) in [7, 11) is 0. The predicted octanol–water partition coefficient (Wildman–Crippen LogP) is 1.42. The topological polar surface area (TPSA) is 36.4 Å². The van der Waals surface area contributed by atoms with Crippen molar-refractivity contribution in [2.24, 2.45) is 5.41 Å². The number of rotatable bonds is 2. The maximum atomic E-state index is 9.15. The Labute approximate surface area is 84.4 Å². The van der Waals surface area contributed by atoms with Gasteiger partial charge >= 0.3 is 0 Å². The molecule has 0 bridgehead atoms. The Kier molecular flexibility index (Phi) is 2.19. The Bertz CT molecular complexity index is 328. The molecule has 2 rings (SSSR count). The highest BCUT2D eigenvalue weighted by molar-refractivity contribution is 5.54. The second kappa shape index (κ2) is 3.24. The Morgan fingerprint density at radius 2 is 2.21 bits per heavy atom. The van der Waals surface area contributed by atoms with Gasteiger partial charge in [0.2, 0.25) is 0 Å². The average molecular weight is 192 g/mol. The fourth-order valence-electron chi connectivity index (χ4n) is 2.01. The number of hydrogen-bond donors (Lipinski definition) is 1. The molecule has 1 aromatic heterocycles. The molecule has 3 heteroatoms. The molecular weight excluding hydrogens is 176 g/mol. The Morgan fingerprint density at radius 3 is 2.79 bits per heavy atom. The standard InChI is InChI=1S/C11H16N2O/c1-11(2)7-13(8-11)10-3-4-12-5-9(10)6-14/h3-5,14H,6-8H2,1-2H3. The van der Waals surface area contributed by atoms with Crippen molar-refractivity contribution in [2.45, 2.75) is 20.5 Å². The van der Waals surface area contributed by atoms with Crippen LogP contribution in [0.15, 0.2) is 18.5 Å². The van der Waals surface area contributed by atoms with Gasteiger partial charge < -0.3 is 10.0 Å². The zero-order chi connectivity index (χ0) is 10.2. The molecule has 0 spiro atoms. The van der Waals surface area contributed by atoms with E-state index in [2.05, 4.69) is 23.7 Å². The second-order valence-corrected chi connectivity index (χ2v) is 4.68. The molecule has 1 N–H and O–H groups in total. The van der Waals surface area contributed by atoms with E-state index < -0.39 is 0 Å². The first-order valence-electron chi connectivity index (χ1n) is 4.91. The third kappa shape index (κ3) is 1.60. The second-order valence-electron chi connectivity index (χ2n) is 4.68. The number of aromatic nitrogens is 1. The maximum absolute atomic E-state index is 9.15. The first kappa shape index (κ1) is 9.46. The quantitative estimate of drug-likeness (QED) is 0.770. The smallest absolute Gasteiger partial charge is 0.0717 e. The van der Waals surface area contributed by atoms with Crippen LogP contribution in [-0.2, 0) is 6.61 Å². The van der Waals surface area contributed by atoms with E-state index in [1.54, 1.807) is 12.4 Å². The minimum absolute atomic E-state index is 0.0695. The van der Waals surface area contributed by atoms with Crippen LogP contribution in [0.4, 0.5) is 5.69 Å².